The maximum atomic E-state index is 11.8. The zero-order valence-electron chi connectivity index (χ0n) is 11.5. The van der Waals surface area contributed by atoms with Crippen LogP contribution in [0.15, 0.2) is 0 Å². The van der Waals surface area contributed by atoms with Crippen molar-refractivity contribution in [3.05, 3.63) is 0 Å². The highest BCUT2D eigenvalue weighted by Gasteiger charge is 2.17. The van der Waals surface area contributed by atoms with Crippen molar-refractivity contribution in [1.29, 1.82) is 0 Å². The largest absolute Gasteiger partial charge is 0.382 e. The zero-order chi connectivity index (χ0) is 13.2. The van der Waals surface area contributed by atoms with Crippen molar-refractivity contribution in [2.45, 2.75) is 0 Å². The van der Waals surface area contributed by atoms with E-state index in [1.165, 1.54) is 0 Å². The minimum Gasteiger partial charge on any atom is -0.382 e. The Morgan fingerprint density at radius 1 is 1.17 bits per heavy atom. The van der Waals surface area contributed by atoms with Gasteiger partial charge in [0, 0.05) is 39.8 Å². The molecule has 0 aromatic carbocycles. The molecule has 1 amide bonds. The van der Waals surface area contributed by atoms with Gasteiger partial charge in [0.05, 0.1) is 26.4 Å². The minimum absolute atomic E-state index is 0.181. The highest BCUT2D eigenvalue weighted by Crippen LogP contribution is 1.98. The van der Waals surface area contributed by atoms with E-state index >= 15 is 0 Å². The Kier molecular flexibility index (Phi) is 7.91. The summed E-state index contributed by atoms with van der Waals surface area (Å²) >= 11 is 0. The van der Waals surface area contributed by atoms with Gasteiger partial charge in [-0.25, -0.2) is 0 Å². The molecule has 1 N–H and O–H groups in total. The van der Waals surface area contributed by atoms with E-state index in [0.717, 1.165) is 26.2 Å². The van der Waals surface area contributed by atoms with Gasteiger partial charge < -0.3 is 24.6 Å². The van der Waals surface area contributed by atoms with Gasteiger partial charge in [0.2, 0.25) is 5.91 Å². The first-order chi connectivity index (χ1) is 8.74. The molecular weight excluding hydrogens is 234 g/mol. The Morgan fingerprint density at radius 3 is 2.56 bits per heavy atom. The lowest BCUT2D eigenvalue weighted by atomic mass is 10.3. The maximum absolute atomic E-state index is 11.8. The van der Waals surface area contributed by atoms with Crippen LogP contribution in [0.3, 0.4) is 0 Å². The van der Waals surface area contributed by atoms with Crippen LogP contribution in [0.1, 0.15) is 0 Å². The number of nitrogens with one attached hydrogen (secondary N) is 1. The molecule has 0 saturated carbocycles. The van der Waals surface area contributed by atoms with Crippen molar-refractivity contribution in [3.63, 3.8) is 0 Å². The van der Waals surface area contributed by atoms with Crippen molar-refractivity contribution in [3.8, 4) is 0 Å². The number of hydrogen-bond donors (Lipinski definition) is 1. The number of piperazine rings is 1. The third-order valence-electron chi connectivity index (χ3n) is 2.99. The second-order valence-corrected chi connectivity index (χ2v) is 4.47. The quantitative estimate of drug-likeness (QED) is 0.568. The van der Waals surface area contributed by atoms with Crippen molar-refractivity contribution >= 4 is 5.91 Å². The molecule has 1 heterocycles. The molecule has 0 radical (unpaired) electrons. The first-order valence-corrected chi connectivity index (χ1v) is 6.47. The third-order valence-corrected chi connectivity index (χ3v) is 2.99. The number of rotatable bonds is 8. The summed E-state index contributed by atoms with van der Waals surface area (Å²) in [5, 5.41) is 3.10. The molecule has 0 unspecified atom stereocenters. The molecule has 106 valence electrons. The SMILES string of the molecule is COCCOCCNCC(=O)N1CCN(C)CC1. The Labute approximate surface area is 109 Å². The molecule has 1 fully saturated rings. The zero-order valence-corrected chi connectivity index (χ0v) is 11.5. The monoisotopic (exact) mass is 259 g/mol. The van der Waals surface area contributed by atoms with Gasteiger partial charge in [-0.15, -0.1) is 0 Å². The Hall–Kier alpha value is -0.690. The van der Waals surface area contributed by atoms with Gasteiger partial charge in [-0.1, -0.05) is 0 Å². The van der Waals surface area contributed by atoms with Crippen LogP contribution in [-0.4, -0.2) is 89.0 Å². The molecule has 0 bridgehead atoms. The highest BCUT2D eigenvalue weighted by atomic mass is 16.5. The normalized spacial score (nSPS) is 17.1. The van der Waals surface area contributed by atoms with Crippen molar-refractivity contribution in [1.82, 2.24) is 15.1 Å². The van der Waals surface area contributed by atoms with Gasteiger partial charge in [0.15, 0.2) is 0 Å². The number of ether oxygens (including phenoxy) is 2. The van der Waals surface area contributed by atoms with Gasteiger partial charge in [0.25, 0.3) is 0 Å². The van der Waals surface area contributed by atoms with E-state index in [-0.39, 0.29) is 5.91 Å². The van der Waals surface area contributed by atoms with E-state index in [4.69, 9.17) is 9.47 Å². The molecule has 1 aliphatic heterocycles. The van der Waals surface area contributed by atoms with E-state index in [0.29, 0.717) is 32.9 Å². The minimum atomic E-state index is 0.181. The molecule has 1 aliphatic rings. The summed E-state index contributed by atoms with van der Waals surface area (Å²) in [6.07, 6.45) is 0. The fourth-order valence-corrected chi connectivity index (χ4v) is 1.75. The number of methoxy groups -OCH3 is 1. The number of hydrogen-bond acceptors (Lipinski definition) is 5. The van der Waals surface area contributed by atoms with E-state index < -0.39 is 0 Å². The Bertz CT molecular complexity index is 231. The molecule has 1 saturated heterocycles. The van der Waals surface area contributed by atoms with Crippen LogP contribution in [0.25, 0.3) is 0 Å². The number of carbonyl (C=O) groups excluding carboxylic acids is 1. The highest BCUT2D eigenvalue weighted by molar-refractivity contribution is 5.78. The summed E-state index contributed by atoms with van der Waals surface area (Å²) in [5.41, 5.74) is 0. The van der Waals surface area contributed by atoms with E-state index in [1.807, 2.05) is 4.90 Å². The molecule has 18 heavy (non-hydrogen) atoms. The lowest BCUT2D eigenvalue weighted by Gasteiger charge is -2.32. The van der Waals surface area contributed by atoms with Gasteiger partial charge in [-0.3, -0.25) is 4.79 Å². The predicted octanol–water partition coefficient (Wildman–Crippen LogP) is -0.987. The second-order valence-electron chi connectivity index (χ2n) is 4.47. The number of amides is 1. The van der Waals surface area contributed by atoms with Gasteiger partial charge in [-0.2, -0.15) is 0 Å². The summed E-state index contributed by atoms with van der Waals surface area (Å²) in [6, 6.07) is 0. The number of likely N-dealkylation sites (N-methyl/N-ethyl adjacent to an activating group) is 1. The van der Waals surface area contributed by atoms with Crippen molar-refractivity contribution < 1.29 is 14.3 Å². The summed E-state index contributed by atoms with van der Waals surface area (Å²) < 4.78 is 10.2. The molecular formula is C12H25N3O3. The molecule has 0 aromatic heterocycles. The number of carbonyl (C=O) groups is 1. The van der Waals surface area contributed by atoms with Crippen LogP contribution >= 0.6 is 0 Å². The van der Waals surface area contributed by atoms with Crippen LogP contribution in [0.2, 0.25) is 0 Å². The molecule has 6 heteroatoms. The molecule has 6 nitrogen and oxygen atoms in total. The molecule has 0 atom stereocenters. The summed E-state index contributed by atoms with van der Waals surface area (Å²) in [4.78, 5) is 16.0. The third kappa shape index (κ3) is 6.30. The summed E-state index contributed by atoms with van der Waals surface area (Å²) in [6.45, 7) is 6.52. The van der Waals surface area contributed by atoms with E-state index in [2.05, 4.69) is 17.3 Å². The molecule has 0 aromatic rings. The Balaban J connectivity index is 1.96. The summed E-state index contributed by atoms with van der Waals surface area (Å²) in [7, 11) is 3.73. The fraction of sp³-hybridized carbons (Fsp3) is 0.917. The van der Waals surface area contributed by atoms with Crippen LogP contribution in [0.5, 0.6) is 0 Å². The lowest BCUT2D eigenvalue weighted by molar-refractivity contribution is -0.131. The van der Waals surface area contributed by atoms with Gasteiger partial charge in [0.1, 0.15) is 0 Å². The van der Waals surface area contributed by atoms with Crippen LogP contribution in [0, 0.1) is 0 Å². The Morgan fingerprint density at radius 2 is 1.89 bits per heavy atom. The average molecular weight is 259 g/mol. The molecule has 1 rings (SSSR count). The van der Waals surface area contributed by atoms with Crippen LogP contribution < -0.4 is 5.32 Å². The second kappa shape index (κ2) is 9.27. The standard InChI is InChI=1S/C12H25N3O3/c1-14-4-6-15(7-5-14)12(16)11-13-3-8-18-10-9-17-2/h13H,3-11H2,1-2H3. The van der Waals surface area contributed by atoms with E-state index in [1.54, 1.807) is 7.11 Å². The smallest absolute Gasteiger partial charge is 0.236 e. The van der Waals surface area contributed by atoms with E-state index in [9.17, 15) is 4.79 Å². The topological polar surface area (TPSA) is 54.0 Å². The van der Waals surface area contributed by atoms with Crippen LogP contribution in [-0.2, 0) is 14.3 Å². The molecule has 0 aliphatic carbocycles. The van der Waals surface area contributed by atoms with Crippen LogP contribution in [0.4, 0.5) is 0 Å². The summed E-state index contributed by atoms with van der Waals surface area (Å²) in [5.74, 6) is 0.181. The number of nitrogens with zero attached hydrogens (tertiary/aromatic N) is 2. The van der Waals surface area contributed by atoms with Gasteiger partial charge in [-0.05, 0) is 7.05 Å². The first-order valence-electron chi connectivity index (χ1n) is 6.47. The first kappa shape index (κ1) is 15.4. The van der Waals surface area contributed by atoms with Gasteiger partial charge >= 0.3 is 0 Å². The van der Waals surface area contributed by atoms with Crippen molar-refractivity contribution in [2.24, 2.45) is 0 Å². The molecule has 0 spiro atoms. The maximum Gasteiger partial charge on any atom is 0.236 e. The lowest BCUT2D eigenvalue weighted by Crippen LogP contribution is -2.49. The average Bonchev–Trinajstić information content (AvgIpc) is 2.38. The predicted molar refractivity (Wildman–Crippen MR) is 69.6 cm³/mol. The fourth-order valence-electron chi connectivity index (χ4n) is 1.75. The van der Waals surface area contributed by atoms with Crippen molar-refractivity contribution in [2.75, 3.05) is 73.2 Å².